The molecule has 0 amide bonds. The molecule has 1 aliphatic rings. The number of hydrogen-bond acceptors (Lipinski definition) is 5. The van der Waals surface area contributed by atoms with Gasteiger partial charge in [0.15, 0.2) is 5.96 Å². The normalized spacial score (nSPS) is 16.7. The van der Waals surface area contributed by atoms with Gasteiger partial charge in [-0.25, -0.2) is 0 Å². The quantitative estimate of drug-likeness (QED) is 0.275. The molecule has 2 N–H and O–H groups in total. The molecule has 1 aromatic heterocycles. The third kappa shape index (κ3) is 7.86. The zero-order valence-corrected chi connectivity index (χ0v) is 23.0. The molecule has 33 heavy (non-hydrogen) atoms. The average molecular weight is 570 g/mol. The molecule has 2 atom stereocenters. The number of methoxy groups -OCH3 is 1. The number of rotatable bonds is 9. The molecule has 184 valence electrons. The van der Waals surface area contributed by atoms with Crippen molar-refractivity contribution >= 4 is 29.9 Å². The zero-order valence-electron chi connectivity index (χ0n) is 20.6. The SMILES string of the molecule is CN=C(NCC(c1cnn(C)c1)N(C)C)NCC(c1ccc(OC)cc1)N1CCCCC1.I. The number of likely N-dealkylation sites (tertiary alicyclic amines) is 1. The van der Waals surface area contributed by atoms with Crippen LogP contribution < -0.4 is 15.4 Å². The van der Waals surface area contributed by atoms with Crippen molar-refractivity contribution in [3.63, 3.8) is 0 Å². The first-order valence-electron chi connectivity index (χ1n) is 11.5. The number of benzene rings is 1. The van der Waals surface area contributed by atoms with Crippen LogP contribution in [0.5, 0.6) is 5.75 Å². The van der Waals surface area contributed by atoms with Gasteiger partial charge in [0.1, 0.15) is 5.75 Å². The van der Waals surface area contributed by atoms with Crippen LogP contribution in [-0.4, -0.2) is 80.0 Å². The monoisotopic (exact) mass is 569 g/mol. The van der Waals surface area contributed by atoms with Crippen molar-refractivity contribution < 1.29 is 4.74 Å². The summed E-state index contributed by atoms with van der Waals surface area (Å²) in [6.07, 6.45) is 7.84. The molecule has 2 heterocycles. The lowest BCUT2D eigenvalue weighted by Crippen LogP contribution is -2.46. The summed E-state index contributed by atoms with van der Waals surface area (Å²) in [4.78, 5) is 9.26. The van der Waals surface area contributed by atoms with Gasteiger partial charge in [0, 0.05) is 38.9 Å². The third-order valence-corrected chi connectivity index (χ3v) is 6.21. The van der Waals surface area contributed by atoms with Crippen molar-refractivity contribution in [2.24, 2.45) is 12.0 Å². The van der Waals surface area contributed by atoms with Gasteiger partial charge in [-0.05, 0) is 57.7 Å². The Morgan fingerprint density at radius 2 is 1.76 bits per heavy atom. The minimum absolute atomic E-state index is 0. The van der Waals surface area contributed by atoms with E-state index in [2.05, 4.69) is 75.1 Å². The molecule has 0 spiro atoms. The van der Waals surface area contributed by atoms with Gasteiger partial charge in [-0.2, -0.15) is 5.10 Å². The molecule has 0 aliphatic carbocycles. The number of nitrogens with zero attached hydrogens (tertiary/aromatic N) is 5. The predicted molar refractivity (Wildman–Crippen MR) is 146 cm³/mol. The number of aliphatic imine (C=N–C) groups is 1. The van der Waals surface area contributed by atoms with E-state index in [-0.39, 0.29) is 30.0 Å². The lowest BCUT2D eigenvalue weighted by molar-refractivity contribution is 0.164. The number of aromatic nitrogens is 2. The highest BCUT2D eigenvalue weighted by Gasteiger charge is 2.23. The van der Waals surface area contributed by atoms with Crippen LogP contribution in [-0.2, 0) is 7.05 Å². The number of aryl methyl sites for hydroxylation is 1. The highest BCUT2D eigenvalue weighted by atomic mass is 127. The first kappa shape index (κ1) is 27.4. The lowest BCUT2D eigenvalue weighted by Gasteiger charge is -2.35. The molecule has 0 bridgehead atoms. The standard InChI is InChI=1S/C24H39N7O.HI/c1-25-24(26-16-22(29(2)3)20-15-28-30(4)18-20)27-17-23(31-13-7-6-8-14-31)19-9-11-21(32-5)12-10-19;/h9-12,15,18,22-23H,6-8,13-14,16-17H2,1-5H3,(H2,25,26,27);1H. The molecule has 0 saturated carbocycles. The number of ether oxygens (including phenoxy) is 1. The Labute approximate surface area is 215 Å². The maximum absolute atomic E-state index is 5.35. The highest BCUT2D eigenvalue weighted by molar-refractivity contribution is 14.0. The molecule has 8 nitrogen and oxygen atoms in total. The third-order valence-electron chi connectivity index (χ3n) is 6.21. The van der Waals surface area contributed by atoms with Crippen molar-refractivity contribution in [2.75, 3.05) is 54.4 Å². The molecule has 9 heteroatoms. The van der Waals surface area contributed by atoms with Crippen LogP contribution in [0.2, 0.25) is 0 Å². The molecule has 2 unspecified atom stereocenters. The summed E-state index contributed by atoms with van der Waals surface area (Å²) in [6.45, 7) is 3.81. The Morgan fingerprint density at radius 1 is 1.09 bits per heavy atom. The van der Waals surface area contributed by atoms with Crippen molar-refractivity contribution in [1.29, 1.82) is 0 Å². The molecule has 2 aromatic rings. The molecular formula is C24H40IN7O. The predicted octanol–water partition coefficient (Wildman–Crippen LogP) is 3.04. The minimum Gasteiger partial charge on any atom is -0.497 e. The van der Waals surface area contributed by atoms with E-state index in [0.717, 1.165) is 37.9 Å². The Hall–Kier alpha value is -1.85. The van der Waals surface area contributed by atoms with Crippen molar-refractivity contribution in [1.82, 2.24) is 30.2 Å². The minimum atomic E-state index is 0. The van der Waals surface area contributed by atoms with Gasteiger partial charge in [-0.3, -0.25) is 14.6 Å². The summed E-state index contributed by atoms with van der Waals surface area (Å²) in [6, 6.07) is 8.97. The van der Waals surface area contributed by atoms with E-state index in [0.29, 0.717) is 6.04 Å². The van der Waals surface area contributed by atoms with E-state index >= 15 is 0 Å². The van der Waals surface area contributed by atoms with Gasteiger partial charge in [0.05, 0.1) is 25.4 Å². The first-order valence-corrected chi connectivity index (χ1v) is 11.5. The fraction of sp³-hybridized carbons (Fsp3) is 0.583. The van der Waals surface area contributed by atoms with E-state index in [4.69, 9.17) is 4.74 Å². The lowest BCUT2D eigenvalue weighted by atomic mass is 10.0. The van der Waals surface area contributed by atoms with E-state index in [1.807, 2.05) is 25.0 Å². The van der Waals surface area contributed by atoms with Crippen molar-refractivity contribution in [3.8, 4) is 5.75 Å². The number of halogens is 1. The molecular weight excluding hydrogens is 529 g/mol. The van der Waals surface area contributed by atoms with E-state index in [1.165, 1.54) is 30.4 Å². The van der Waals surface area contributed by atoms with Crippen molar-refractivity contribution in [3.05, 3.63) is 47.8 Å². The van der Waals surface area contributed by atoms with Crippen LogP contribution in [0.15, 0.2) is 41.7 Å². The summed E-state index contributed by atoms with van der Waals surface area (Å²) < 4.78 is 7.20. The number of piperidine rings is 1. The number of likely N-dealkylation sites (N-methyl/N-ethyl adjacent to an activating group) is 1. The van der Waals surface area contributed by atoms with Crippen LogP contribution in [0.1, 0.15) is 42.5 Å². The zero-order chi connectivity index (χ0) is 22.9. The Balaban J connectivity index is 0.00000385. The maximum atomic E-state index is 5.35. The van der Waals surface area contributed by atoms with Crippen LogP contribution >= 0.6 is 24.0 Å². The summed E-state index contributed by atoms with van der Waals surface area (Å²) >= 11 is 0. The Kier molecular flexibility index (Phi) is 11.4. The number of hydrogen-bond donors (Lipinski definition) is 2. The van der Waals surface area contributed by atoms with Crippen LogP contribution in [0.4, 0.5) is 0 Å². The van der Waals surface area contributed by atoms with Crippen LogP contribution in [0.25, 0.3) is 0 Å². The Morgan fingerprint density at radius 3 is 2.30 bits per heavy atom. The first-order chi connectivity index (χ1) is 15.5. The summed E-state index contributed by atoms with van der Waals surface area (Å²) in [5.41, 5.74) is 2.49. The molecule has 1 saturated heterocycles. The van der Waals surface area contributed by atoms with Gasteiger partial charge >= 0.3 is 0 Å². The second kappa shape index (κ2) is 13.8. The van der Waals surface area contributed by atoms with E-state index in [1.54, 1.807) is 7.11 Å². The van der Waals surface area contributed by atoms with Gasteiger partial charge < -0.3 is 20.3 Å². The molecule has 1 aromatic carbocycles. The summed E-state index contributed by atoms with van der Waals surface area (Å²) in [5, 5.41) is 11.4. The highest BCUT2D eigenvalue weighted by Crippen LogP contribution is 2.26. The van der Waals surface area contributed by atoms with Crippen molar-refractivity contribution in [2.45, 2.75) is 31.3 Å². The fourth-order valence-corrected chi connectivity index (χ4v) is 4.33. The number of guanidine groups is 1. The Bertz CT molecular complexity index is 847. The van der Waals surface area contributed by atoms with E-state index in [9.17, 15) is 0 Å². The van der Waals surface area contributed by atoms with Gasteiger partial charge in [-0.15, -0.1) is 24.0 Å². The van der Waals surface area contributed by atoms with E-state index < -0.39 is 0 Å². The van der Waals surface area contributed by atoms with Gasteiger partial charge in [0.2, 0.25) is 0 Å². The summed E-state index contributed by atoms with van der Waals surface area (Å²) in [7, 11) is 9.66. The molecule has 0 radical (unpaired) electrons. The van der Waals surface area contributed by atoms with Gasteiger partial charge in [-0.1, -0.05) is 18.6 Å². The van der Waals surface area contributed by atoms with Gasteiger partial charge in [0.25, 0.3) is 0 Å². The number of nitrogens with one attached hydrogen (secondary N) is 2. The second-order valence-corrected chi connectivity index (χ2v) is 8.65. The van der Waals surface area contributed by atoms with Crippen LogP contribution in [0, 0.1) is 0 Å². The average Bonchev–Trinajstić information content (AvgIpc) is 3.24. The molecule has 1 fully saturated rings. The second-order valence-electron chi connectivity index (χ2n) is 8.65. The maximum Gasteiger partial charge on any atom is 0.191 e. The largest absolute Gasteiger partial charge is 0.497 e. The summed E-state index contributed by atoms with van der Waals surface area (Å²) in [5.74, 6) is 1.71. The fourth-order valence-electron chi connectivity index (χ4n) is 4.33. The van der Waals surface area contributed by atoms with Crippen LogP contribution in [0.3, 0.4) is 0 Å². The topological polar surface area (TPSA) is 70.0 Å². The smallest absolute Gasteiger partial charge is 0.191 e. The molecule has 3 rings (SSSR count). The molecule has 1 aliphatic heterocycles.